The summed E-state index contributed by atoms with van der Waals surface area (Å²) in [6.07, 6.45) is 5.21. The van der Waals surface area contributed by atoms with Crippen molar-refractivity contribution < 1.29 is 9.59 Å². The van der Waals surface area contributed by atoms with Crippen LogP contribution < -0.4 is 5.73 Å². The Morgan fingerprint density at radius 2 is 1.96 bits per heavy atom. The molecule has 2 aliphatic heterocycles. The first-order chi connectivity index (χ1) is 13.5. The molecule has 1 aromatic carbocycles. The van der Waals surface area contributed by atoms with Crippen LogP contribution in [0.1, 0.15) is 42.9 Å². The van der Waals surface area contributed by atoms with Crippen LogP contribution in [0.3, 0.4) is 0 Å². The van der Waals surface area contributed by atoms with Gasteiger partial charge in [0, 0.05) is 36.8 Å². The van der Waals surface area contributed by atoms with Crippen molar-refractivity contribution in [1.29, 1.82) is 0 Å². The largest absolute Gasteiger partial charge is 0.351 e. The predicted octanol–water partition coefficient (Wildman–Crippen LogP) is 2.63. The van der Waals surface area contributed by atoms with E-state index in [9.17, 15) is 9.59 Å². The molecule has 2 aromatic rings. The molecule has 0 saturated carbocycles. The molecule has 7 heteroatoms. The van der Waals surface area contributed by atoms with Crippen molar-refractivity contribution in [3.05, 3.63) is 41.7 Å². The van der Waals surface area contributed by atoms with Crippen LogP contribution in [-0.4, -0.2) is 57.6 Å². The van der Waals surface area contributed by atoms with E-state index < -0.39 is 6.03 Å². The average Bonchev–Trinajstić information content (AvgIpc) is 3.37. The number of hydrogen-bond donors (Lipinski definition) is 2. The van der Waals surface area contributed by atoms with Crippen molar-refractivity contribution in [2.45, 2.75) is 44.6 Å². The first-order valence-corrected chi connectivity index (χ1v) is 9.99. The van der Waals surface area contributed by atoms with E-state index in [1.165, 1.54) is 16.0 Å². The Hall–Kier alpha value is -2.83. The standard InChI is InChI=1S/C21H27N5O2/c1-14-4-2-5-16(12-14)17-13-23-24-19(17)15-7-10-25(11-8-15)20(27)18-6-3-9-26(18)21(22)28/h2,4-5,12-13,15,18H,3,6-11H2,1H3,(H2,22,28)(H,23,24)/t18-/m0/s1. The van der Waals surface area contributed by atoms with Gasteiger partial charge in [0.2, 0.25) is 5.91 Å². The molecule has 3 amide bonds. The molecule has 148 valence electrons. The van der Waals surface area contributed by atoms with Crippen molar-refractivity contribution in [3.8, 4) is 11.1 Å². The number of carbonyl (C=O) groups is 2. The molecule has 1 atom stereocenters. The average molecular weight is 381 g/mol. The van der Waals surface area contributed by atoms with E-state index in [0.29, 0.717) is 32.0 Å². The normalized spacial score (nSPS) is 20.5. The van der Waals surface area contributed by atoms with Gasteiger partial charge in [-0.3, -0.25) is 9.89 Å². The summed E-state index contributed by atoms with van der Waals surface area (Å²) in [5, 5.41) is 7.48. The number of aromatic amines is 1. The number of hydrogen-bond acceptors (Lipinski definition) is 3. The number of primary amides is 1. The highest BCUT2D eigenvalue weighted by atomic mass is 16.2. The molecule has 3 N–H and O–H groups in total. The number of nitrogens with one attached hydrogen (secondary N) is 1. The summed E-state index contributed by atoms with van der Waals surface area (Å²) < 4.78 is 0. The van der Waals surface area contributed by atoms with Gasteiger partial charge in [-0.15, -0.1) is 0 Å². The summed E-state index contributed by atoms with van der Waals surface area (Å²) >= 11 is 0. The smallest absolute Gasteiger partial charge is 0.315 e. The van der Waals surface area contributed by atoms with Gasteiger partial charge >= 0.3 is 6.03 Å². The number of piperidine rings is 1. The van der Waals surface area contributed by atoms with Crippen LogP contribution in [0.25, 0.3) is 11.1 Å². The summed E-state index contributed by atoms with van der Waals surface area (Å²) in [5.41, 5.74) is 10.1. The van der Waals surface area contributed by atoms with Gasteiger partial charge in [0.1, 0.15) is 6.04 Å². The van der Waals surface area contributed by atoms with Gasteiger partial charge < -0.3 is 15.5 Å². The number of nitrogens with two attached hydrogens (primary N) is 1. The zero-order valence-electron chi connectivity index (χ0n) is 16.2. The molecule has 0 unspecified atom stereocenters. The maximum absolute atomic E-state index is 12.9. The van der Waals surface area contributed by atoms with Crippen LogP contribution in [0.4, 0.5) is 4.79 Å². The number of aryl methyl sites for hydroxylation is 1. The van der Waals surface area contributed by atoms with Gasteiger partial charge in [-0.1, -0.05) is 29.8 Å². The van der Waals surface area contributed by atoms with Crippen molar-refractivity contribution in [3.63, 3.8) is 0 Å². The number of likely N-dealkylation sites (tertiary alicyclic amines) is 2. The summed E-state index contributed by atoms with van der Waals surface area (Å²) in [6.45, 7) is 4.06. The van der Waals surface area contributed by atoms with Gasteiger partial charge in [0.25, 0.3) is 0 Å². The Bertz CT molecular complexity index is 869. The molecule has 7 nitrogen and oxygen atoms in total. The van der Waals surface area contributed by atoms with Crippen LogP contribution in [0.15, 0.2) is 30.5 Å². The first kappa shape index (κ1) is 18.5. The number of rotatable bonds is 3. The number of amides is 3. The Balaban J connectivity index is 1.43. The monoisotopic (exact) mass is 381 g/mol. The quantitative estimate of drug-likeness (QED) is 0.855. The van der Waals surface area contributed by atoms with Crippen LogP contribution in [0.5, 0.6) is 0 Å². The fourth-order valence-corrected chi connectivity index (χ4v) is 4.54. The second-order valence-electron chi connectivity index (χ2n) is 7.86. The maximum Gasteiger partial charge on any atom is 0.315 e. The fraction of sp³-hybridized carbons (Fsp3) is 0.476. The lowest BCUT2D eigenvalue weighted by Crippen LogP contribution is -2.51. The molecular formula is C21H27N5O2. The minimum atomic E-state index is -0.494. The molecule has 2 aliphatic rings. The van der Waals surface area contributed by atoms with Crippen LogP contribution in [0.2, 0.25) is 0 Å². The minimum absolute atomic E-state index is 0.0401. The highest BCUT2D eigenvalue weighted by Gasteiger charge is 2.37. The highest BCUT2D eigenvalue weighted by molar-refractivity contribution is 5.87. The maximum atomic E-state index is 12.9. The lowest BCUT2D eigenvalue weighted by Gasteiger charge is -2.35. The Morgan fingerprint density at radius 3 is 2.68 bits per heavy atom. The second kappa shape index (κ2) is 7.66. The number of carbonyl (C=O) groups excluding carboxylic acids is 2. The Kier molecular flexibility index (Phi) is 5.07. The Labute approximate surface area is 164 Å². The number of aromatic nitrogens is 2. The van der Waals surface area contributed by atoms with Crippen molar-refractivity contribution >= 4 is 11.9 Å². The van der Waals surface area contributed by atoms with E-state index in [1.54, 1.807) is 0 Å². The second-order valence-corrected chi connectivity index (χ2v) is 7.86. The molecule has 0 radical (unpaired) electrons. The summed E-state index contributed by atoms with van der Waals surface area (Å²) in [7, 11) is 0. The van der Waals surface area contributed by atoms with Crippen molar-refractivity contribution in [2.75, 3.05) is 19.6 Å². The zero-order chi connectivity index (χ0) is 19.7. The van der Waals surface area contributed by atoms with Crippen LogP contribution >= 0.6 is 0 Å². The topological polar surface area (TPSA) is 95.3 Å². The van der Waals surface area contributed by atoms with E-state index >= 15 is 0 Å². The molecule has 3 heterocycles. The van der Waals surface area contributed by atoms with E-state index in [1.807, 2.05) is 11.1 Å². The number of H-pyrrole nitrogens is 1. The predicted molar refractivity (Wildman–Crippen MR) is 107 cm³/mol. The molecule has 28 heavy (non-hydrogen) atoms. The minimum Gasteiger partial charge on any atom is -0.351 e. The van der Waals surface area contributed by atoms with Gasteiger partial charge in [-0.2, -0.15) is 5.10 Å². The van der Waals surface area contributed by atoms with Gasteiger partial charge in [0.05, 0.1) is 6.20 Å². The molecule has 0 bridgehead atoms. The summed E-state index contributed by atoms with van der Waals surface area (Å²) in [5.74, 6) is 0.385. The molecule has 0 spiro atoms. The zero-order valence-corrected chi connectivity index (χ0v) is 16.2. The first-order valence-electron chi connectivity index (χ1n) is 9.99. The molecular weight excluding hydrogens is 354 g/mol. The van der Waals surface area contributed by atoms with Crippen molar-refractivity contribution in [1.82, 2.24) is 20.0 Å². The van der Waals surface area contributed by atoms with Crippen LogP contribution in [-0.2, 0) is 4.79 Å². The number of nitrogens with zero attached hydrogens (tertiary/aromatic N) is 3. The molecule has 2 saturated heterocycles. The summed E-state index contributed by atoms with van der Waals surface area (Å²) in [4.78, 5) is 27.9. The molecule has 0 aliphatic carbocycles. The third kappa shape index (κ3) is 3.48. The van der Waals surface area contributed by atoms with Gasteiger partial charge in [-0.25, -0.2) is 4.79 Å². The third-order valence-corrected chi connectivity index (χ3v) is 6.03. The van der Waals surface area contributed by atoms with E-state index in [0.717, 1.165) is 30.5 Å². The van der Waals surface area contributed by atoms with Crippen molar-refractivity contribution in [2.24, 2.45) is 5.73 Å². The number of benzene rings is 1. The fourth-order valence-electron chi connectivity index (χ4n) is 4.54. The molecule has 4 rings (SSSR count). The SMILES string of the molecule is Cc1cccc(-c2cn[nH]c2C2CCN(C(=O)[C@@H]3CCCN3C(N)=O)CC2)c1. The lowest BCUT2D eigenvalue weighted by atomic mass is 9.89. The Morgan fingerprint density at radius 1 is 1.18 bits per heavy atom. The van der Waals surface area contributed by atoms with E-state index in [2.05, 4.69) is 41.4 Å². The third-order valence-electron chi connectivity index (χ3n) is 6.03. The number of urea groups is 1. The highest BCUT2D eigenvalue weighted by Crippen LogP contribution is 2.34. The summed E-state index contributed by atoms with van der Waals surface area (Å²) in [6, 6.07) is 7.56. The molecule has 1 aromatic heterocycles. The molecule has 2 fully saturated rings. The van der Waals surface area contributed by atoms with E-state index in [-0.39, 0.29) is 11.9 Å². The van der Waals surface area contributed by atoms with E-state index in [4.69, 9.17) is 5.73 Å². The van der Waals surface area contributed by atoms with Crippen LogP contribution in [0, 0.1) is 6.92 Å². The van der Waals surface area contributed by atoms with Gasteiger partial charge in [0.15, 0.2) is 0 Å². The lowest BCUT2D eigenvalue weighted by molar-refractivity contribution is -0.136. The van der Waals surface area contributed by atoms with Gasteiger partial charge in [-0.05, 0) is 38.2 Å².